The second kappa shape index (κ2) is 5.57. The molecular weight excluding hydrogens is 256 g/mol. The summed E-state index contributed by atoms with van der Waals surface area (Å²) in [4.78, 5) is 1.30. The molecule has 19 heavy (non-hydrogen) atoms. The van der Waals surface area contributed by atoms with E-state index in [2.05, 4.69) is 35.0 Å². The van der Waals surface area contributed by atoms with E-state index in [-0.39, 0.29) is 6.04 Å². The summed E-state index contributed by atoms with van der Waals surface area (Å²) >= 11 is 1.74. The van der Waals surface area contributed by atoms with Gasteiger partial charge in [-0.05, 0) is 23.6 Å². The molecule has 0 spiro atoms. The van der Waals surface area contributed by atoms with Gasteiger partial charge in [-0.15, -0.1) is 11.3 Å². The Morgan fingerprint density at radius 1 is 1.21 bits per heavy atom. The predicted molar refractivity (Wildman–Crippen MR) is 79.2 cm³/mol. The van der Waals surface area contributed by atoms with Gasteiger partial charge in [0.1, 0.15) is 11.3 Å². The third-order valence-corrected chi connectivity index (χ3v) is 4.00. The van der Waals surface area contributed by atoms with Gasteiger partial charge in [0.15, 0.2) is 0 Å². The van der Waals surface area contributed by atoms with Crippen LogP contribution in [0.5, 0.6) is 0 Å². The molecule has 3 rings (SSSR count). The van der Waals surface area contributed by atoms with E-state index in [1.54, 1.807) is 11.3 Å². The number of hydrogen-bond donors (Lipinski definition) is 2. The van der Waals surface area contributed by atoms with Crippen LogP contribution >= 0.6 is 11.3 Å². The molecule has 0 aliphatic rings. The Kier molecular flexibility index (Phi) is 3.64. The average molecular weight is 272 g/mol. The molecule has 0 radical (unpaired) electrons. The van der Waals surface area contributed by atoms with Crippen LogP contribution in [0.2, 0.25) is 0 Å². The second-order valence-electron chi connectivity index (χ2n) is 4.44. The molecule has 0 bridgehead atoms. The molecule has 1 atom stereocenters. The van der Waals surface area contributed by atoms with Crippen molar-refractivity contribution in [3.63, 3.8) is 0 Å². The summed E-state index contributed by atoms with van der Waals surface area (Å²) in [5.41, 5.74) is 6.76. The summed E-state index contributed by atoms with van der Waals surface area (Å²) in [5, 5.41) is 6.64. The van der Waals surface area contributed by atoms with Gasteiger partial charge in [0.05, 0.1) is 6.04 Å². The Balaban J connectivity index is 1.77. The molecule has 3 aromatic rings. The summed E-state index contributed by atoms with van der Waals surface area (Å²) < 4.78 is 5.85. The first-order valence-electron chi connectivity index (χ1n) is 6.31. The molecule has 1 unspecified atom stereocenters. The van der Waals surface area contributed by atoms with E-state index < -0.39 is 0 Å². The molecule has 0 aliphatic heterocycles. The van der Waals surface area contributed by atoms with E-state index in [0.29, 0.717) is 6.54 Å². The number of thiophene rings is 1. The normalized spacial score (nSPS) is 12.9. The van der Waals surface area contributed by atoms with Gasteiger partial charge in [-0.3, -0.25) is 0 Å². The Hall–Kier alpha value is -1.62. The maximum Gasteiger partial charge on any atom is 0.134 e. The summed E-state index contributed by atoms with van der Waals surface area (Å²) in [6, 6.07) is 14.3. The van der Waals surface area contributed by atoms with Crippen LogP contribution in [0.4, 0.5) is 0 Å². The SMILES string of the molecule is NCC(NCc1cccs1)c1cc2ccccc2o1. The third-order valence-electron chi connectivity index (χ3n) is 3.13. The average Bonchev–Trinajstić information content (AvgIpc) is 3.08. The van der Waals surface area contributed by atoms with Gasteiger partial charge in [-0.1, -0.05) is 24.3 Å². The molecule has 1 aromatic carbocycles. The zero-order valence-electron chi connectivity index (χ0n) is 10.5. The highest BCUT2D eigenvalue weighted by molar-refractivity contribution is 7.09. The lowest BCUT2D eigenvalue weighted by molar-refractivity contribution is 0.435. The smallest absolute Gasteiger partial charge is 0.134 e. The van der Waals surface area contributed by atoms with Crippen molar-refractivity contribution in [2.45, 2.75) is 12.6 Å². The minimum atomic E-state index is 0.0505. The Morgan fingerprint density at radius 3 is 2.84 bits per heavy atom. The number of hydrogen-bond acceptors (Lipinski definition) is 4. The van der Waals surface area contributed by atoms with Crippen molar-refractivity contribution in [1.29, 1.82) is 0 Å². The van der Waals surface area contributed by atoms with E-state index in [4.69, 9.17) is 10.2 Å². The van der Waals surface area contributed by atoms with Crippen molar-refractivity contribution in [2.75, 3.05) is 6.54 Å². The maximum absolute atomic E-state index is 5.85. The summed E-state index contributed by atoms with van der Waals surface area (Å²) in [7, 11) is 0. The molecule has 0 fully saturated rings. The largest absolute Gasteiger partial charge is 0.459 e. The first-order chi connectivity index (χ1) is 9.36. The van der Waals surface area contributed by atoms with Gasteiger partial charge in [-0.25, -0.2) is 0 Å². The number of furan rings is 1. The second-order valence-corrected chi connectivity index (χ2v) is 5.47. The molecule has 2 heterocycles. The number of benzene rings is 1. The zero-order chi connectivity index (χ0) is 13.1. The van der Waals surface area contributed by atoms with Crippen molar-refractivity contribution >= 4 is 22.3 Å². The first-order valence-corrected chi connectivity index (χ1v) is 7.19. The van der Waals surface area contributed by atoms with Crippen molar-refractivity contribution < 1.29 is 4.42 Å². The van der Waals surface area contributed by atoms with Crippen LogP contribution in [-0.4, -0.2) is 6.54 Å². The van der Waals surface area contributed by atoms with Crippen LogP contribution in [0.3, 0.4) is 0 Å². The molecule has 98 valence electrons. The fourth-order valence-corrected chi connectivity index (χ4v) is 2.77. The van der Waals surface area contributed by atoms with Crippen LogP contribution in [-0.2, 0) is 6.54 Å². The van der Waals surface area contributed by atoms with Crippen LogP contribution < -0.4 is 11.1 Å². The monoisotopic (exact) mass is 272 g/mol. The molecular formula is C15H16N2OS. The molecule has 0 aliphatic carbocycles. The van der Waals surface area contributed by atoms with Gasteiger partial charge in [0.2, 0.25) is 0 Å². The quantitative estimate of drug-likeness (QED) is 0.749. The molecule has 0 saturated carbocycles. The fourth-order valence-electron chi connectivity index (χ4n) is 2.11. The molecule has 3 nitrogen and oxygen atoms in total. The van der Waals surface area contributed by atoms with Gasteiger partial charge in [-0.2, -0.15) is 0 Å². The van der Waals surface area contributed by atoms with E-state index in [1.165, 1.54) is 4.88 Å². The lowest BCUT2D eigenvalue weighted by Crippen LogP contribution is -2.27. The molecule has 4 heteroatoms. The third kappa shape index (κ3) is 2.71. The molecule has 3 N–H and O–H groups in total. The molecule has 2 aromatic heterocycles. The number of nitrogens with two attached hydrogens (primary N) is 1. The Bertz CT molecular complexity index is 612. The number of nitrogens with one attached hydrogen (secondary N) is 1. The standard InChI is InChI=1S/C15H16N2OS/c16-9-13(17-10-12-5-3-7-19-12)15-8-11-4-1-2-6-14(11)18-15/h1-8,13,17H,9-10,16H2. The van der Waals surface area contributed by atoms with Crippen LogP contribution in [0.1, 0.15) is 16.7 Å². The van der Waals surface area contributed by atoms with Crippen LogP contribution in [0.25, 0.3) is 11.0 Å². The van der Waals surface area contributed by atoms with E-state index in [0.717, 1.165) is 23.3 Å². The van der Waals surface area contributed by atoms with Crippen molar-refractivity contribution in [3.05, 3.63) is 58.5 Å². The Morgan fingerprint density at radius 2 is 2.11 bits per heavy atom. The zero-order valence-corrected chi connectivity index (χ0v) is 11.3. The highest BCUT2D eigenvalue weighted by atomic mass is 32.1. The topological polar surface area (TPSA) is 51.2 Å². The van der Waals surface area contributed by atoms with Crippen molar-refractivity contribution in [3.8, 4) is 0 Å². The van der Waals surface area contributed by atoms with Gasteiger partial charge >= 0.3 is 0 Å². The first kappa shape index (κ1) is 12.4. The van der Waals surface area contributed by atoms with Crippen molar-refractivity contribution in [2.24, 2.45) is 5.73 Å². The number of para-hydroxylation sites is 1. The van der Waals surface area contributed by atoms with Crippen LogP contribution in [0, 0.1) is 0 Å². The minimum absolute atomic E-state index is 0.0505. The van der Waals surface area contributed by atoms with Gasteiger partial charge in [0.25, 0.3) is 0 Å². The highest BCUT2D eigenvalue weighted by Crippen LogP contribution is 2.23. The van der Waals surface area contributed by atoms with Crippen LogP contribution in [0.15, 0.2) is 52.3 Å². The highest BCUT2D eigenvalue weighted by Gasteiger charge is 2.14. The lowest BCUT2D eigenvalue weighted by Gasteiger charge is -2.13. The summed E-state index contributed by atoms with van der Waals surface area (Å²) in [6.45, 7) is 1.34. The summed E-state index contributed by atoms with van der Waals surface area (Å²) in [6.07, 6.45) is 0. The molecule has 0 amide bonds. The summed E-state index contributed by atoms with van der Waals surface area (Å²) in [5.74, 6) is 0.903. The minimum Gasteiger partial charge on any atom is -0.459 e. The van der Waals surface area contributed by atoms with Crippen molar-refractivity contribution in [1.82, 2.24) is 5.32 Å². The predicted octanol–water partition coefficient (Wildman–Crippen LogP) is 3.28. The van der Waals surface area contributed by atoms with Gasteiger partial charge in [0, 0.05) is 23.4 Å². The fraction of sp³-hybridized carbons (Fsp3) is 0.200. The maximum atomic E-state index is 5.85. The number of rotatable bonds is 5. The Labute approximate surface area is 116 Å². The van der Waals surface area contributed by atoms with E-state index >= 15 is 0 Å². The lowest BCUT2D eigenvalue weighted by atomic mass is 10.2. The number of fused-ring (bicyclic) bond motifs is 1. The molecule has 0 saturated heterocycles. The van der Waals surface area contributed by atoms with Gasteiger partial charge < -0.3 is 15.5 Å². The van der Waals surface area contributed by atoms with E-state index in [9.17, 15) is 0 Å². The van der Waals surface area contributed by atoms with E-state index in [1.807, 2.05) is 18.2 Å².